The van der Waals surface area contributed by atoms with Gasteiger partial charge in [-0.3, -0.25) is 4.79 Å². The van der Waals surface area contributed by atoms with Gasteiger partial charge in [-0.1, -0.05) is 45.7 Å². The van der Waals surface area contributed by atoms with E-state index in [-0.39, 0.29) is 12.5 Å². The number of rotatable bonds is 6. The molecule has 0 aliphatic rings. The number of para-hydroxylation sites is 1. The SMILES string of the molecule is CC(NC(=O)COc1ccccc1Cl)c1nnnn1-c1cccc(Br)c1. The Morgan fingerprint density at radius 3 is 2.88 bits per heavy atom. The minimum atomic E-state index is -0.411. The van der Waals surface area contributed by atoms with Gasteiger partial charge in [-0.15, -0.1) is 5.10 Å². The number of carbonyl (C=O) groups excluding carboxylic acids is 1. The zero-order valence-electron chi connectivity index (χ0n) is 13.8. The van der Waals surface area contributed by atoms with Gasteiger partial charge in [0.25, 0.3) is 5.91 Å². The molecule has 0 aliphatic heterocycles. The molecular formula is C17H15BrClN5O2. The Labute approximate surface area is 163 Å². The molecule has 0 fully saturated rings. The molecule has 9 heteroatoms. The Hall–Kier alpha value is -2.45. The second kappa shape index (κ2) is 8.29. The number of halogens is 2. The van der Waals surface area contributed by atoms with Crippen LogP contribution in [0.25, 0.3) is 5.69 Å². The van der Waals surface area contributed by atoms with Gasteiger partial charge in [0.15, 0.2) is 12.4 Å². The van der Waals surface area contributed by atoms with Gasteiger partial charge >= 0.3 is 0 Å². The fraction of sp³-hybridized carbons (Fsp3) is 0.176. The van der Waals surface area contributed by atoms with Crippen molar-refractivity contribution in [3.63, 3.8) is 0 Å². The Balaban J connectivity index is 1.65. The molecule has 1 amide bonds. The fourth-order valence-electron chi connectivity index (χ4n) is 2.31. The lowest BCUT2D eigenvalue weighted by Crippen LogP contribution is -2.32. The summed E-state index contributed by atoms with van der Waals surface area (Å²) in [5.74, 6) is 0.659. The first-order chi connectivity index (χ1) is 12.5. The van der Waals surface area contributed by atoms with Crippen molar-refractivity contribution < 1.29 is 9.53 Å². The number of ether oxygens (including phenoxy) is 1. The van der Waals surface area contributed by atoms with Crippen molar-refractivity contribution in [1.29, 1.82) is 0 Å². The van der Waals surface area contributed by atoms with Crippen molar-refractivity contribution in [2.75, 3.05) is 6.61 Å². The molecule has 0 saturated carbocycles. The van der Waals surface area contributed by atoms with E-state index >= 15 is 0 Å². The van der Waals surface area contributed by atoms with E-state index in [1.165, 1.54) is 0 Å². The third kappa shape index (κ3) is 4.39. The number of carbonyl (C=O) groups is 1. The molecule has 26 heavy (non-hydrogen) atoms. The minimum Gasteiger partial charge on any atom is -0.482 e. The summed E-state index contributed by atoms with van der Waals surface area (Å²) in [6, 6.07) is 14.1. The quantitative estimate of drug-likeness (QED) is 0.641. The lowest BCUT2D eigenvalue weighted by Gasteiger charge is -2.14. The molecule has 0 spiro atoms. The maximum Gasteiger partial charge on any atom is 0.258 e. The van der Waals surface area contributed by atoms with E-state index in [4.69, 9.17) is 16.3 Å². The number of aromatic nitrogens is 4. The summed E-state index contributed by atoms with van der Waals surface area (Å²) in [5, 5.41) is 15.0. The highest BCUT2D eigenvalue weighted by Crippen LogP contribution is 2.23. The molecule has 134 valence electrons. The molecule has 3 rings (SSSR count). The molecule has 0 bridgehead atoms. The van der Waals surface area contributed by atoms with Crippen LogP contribution in [0.5, 0.6) is 5.75 Å². The first kappa shape index (κ1) is 18.3. The highest BCUT2D eigenvalue weighted by Gasteiger charge is 2.18. The maximum atomic E-state index is 12.2. The van der Waals surface area contributed by atoms with E-state index in [0.717, 1.165) is 10.2 Å². The maximum absolute atomic E-state index is 12.2. The van der Waals surface area contributed by atoms with Crippen LogP contribution >= 0.6 is 27.5 Å². The molecule has 2 aromatic carbocycles. The topological polar surface area (TPSA) is 81.9 Å². The molecule has 3 aromatic rings. The van der Waals surface area contributed by atoms with Gasteiger partial charge in [-0.2, -0.15) is 4.68 Å². The Bertz CT molecular complexity index is 917. The summed E-state index contributed by atoms with van der Waals surface area (Å²) in [6.07, 6.45) is 0. The molecular weight excluding hydrogens is 422 g/mol. The van der Waals surface area contributed by atoms with Crippen LogP contribution in [-0.2, 0) is 4.79 Å². The van der Waals surface area contributed by atoms with Crippen molar-refractivity contribution in [2.24, 2.45) is 0 Å². The van der Waals surface area contributed by atoms with Crippen LogP contribution in [0.3, 0.4) is 0 Å². The third-order valence-corrected chi connectivity index (χ3v) is 4.31. The van der Waals surface area contributed by atoms with E-state index in [1.54, 1.807) is 35.9 Å². The molecule has 1 heterocycles. The van der Waals surface area contributed by atoms with Crippen LogP contribution in [0.2, 0.25) is 5.02 Å². The minimum absolute atomic E-state index is 0.160. The second-order valence-corrected chi connectivity index (χ2v) is 6.76. The third-order valence-electron chi connectivity index (χ3n) is 3.51. The van der Waals surface area contributed by atoms with Crippen LogP contribution in [0.4, 0.5) is 0 Å². The largest absolute Gasteiger partial charge is 0.482 e. The van der Waals surface area contributed by atoms with Crippen LogP contribution in [0.1, 0.15) is 18.8 Å². The normalized spacial score (nSPS) is 11.8. The van der Waals surface area contributed by atoms with Gasteiger partial charge in [0.1, 0.15) is 5.75 Å². The Morgan fingerprint density at radius 1 is 1.31 bits per heavy atom. The molecule has 1 aromatic heterocycles. The molecule has 7 nitrogen and oxygen atoms in total. The number of hydrogen-bond donors (Lipinski definition) is 1. The highest BCUT2D eigenvalue weighted by atomic mass is 79.9. The summed E-state index contributed by atoms with van der Waals surface area (Å²) in [7, 11) is 0. The lowest BCUT2D eigenvalue weighted by molar-refractivity contribution is -0.123. The van der Waals surface area contributed by atoms with Crippen molar-refractivity contribution in [1.82, 2.24) is 25.5 Å². The van der Waals surface area contributed by atoms with E-state index in [0.29, 0.717) is 16.6 Å². The van der Waals surface area contributed by atoms with E-state index in [2.05, 4.69) is 36.8 Å². The van der Waals surface area contributed by atoms with Crippen molar-refractivity contribution in [3.8, 4) is 11.4 Å². The molecule has 0 aliphatic carbocycles. The predicted molar refractivity (Wildman–Crippen MR) is 100 cm³/mol. The van der Waals surface area contributed by atoms with E-state index < -0.39 is 6.04 Å². The van der Waals surface area contributed by atoms with Gasteiger partial charge in [-0.25, -0.2) is 0 Å². The molecule has 1 unspecified atom stereocenters. The van der Waals surface area contributed by atoms with Gasteiger partial charge in [-0.05, 0) is 47.7 Å². The summed E-state index contributed by atoms with van der Waals surface area (Å²) >= 11 is 9.42. The summed E-state index contributed by atoms with van der Waals surface area (Å²) in [5.41, 5.74) is 0.785. The summed E-state index contributed by atoms with van der Waals surface area (Å²) in [4.78, 5) is 12.2. The average Bonchev–Trinajstić information content (AvgIpc) is 3.11. The van der Waals surface area contributed by atoms with Gasteiger partial charge in [0.2, 0.25) is 0 Å². The smallest absolute Gasteiger partial charge is 0.258 e. The number of benzene rings is 2. The van der Waals surface area contributed by atoms with Crippen molar-refractivity contribution in [3.05, 3.63) is 63.9 Å². The van der Waals surface area contributed by atoms with Gasteiger partial charge in [0.05, 0.1) is 16.8 Å². The Morgan fingerprint density at radius 2 is 2.12 bits per heavy atom. The monoisotopic (exact) mass is 435 g/mol. The fourth-order valence-corrected chi connectivity index (χ4v) is 2.89. The van der Waals surface area contributed by atoms with Crippen LogP contribution in [-0.4, -0.2) is 32.7 Å². The first-order valence-electron chi connectivity index (χ1n) is 7.75. The zero-order chi connectivity index (χ0) is 18.5. The van der Waals surface area contributed by atoms with Crippen molar-refractivity contribution in [2.45, 2.75) is 13.0 Å². The number of nitrogens with one attached hydrogen (secondary N) is 1. The Kier molecular flexibility index (Phi) is 5.85. The van der Waals surface area contributed by atoms with Crippen LogP contribution < -0.4 is 10.1 Å². The molecule has 0 saturated heterocycles. The number of hydrogen-bond acceptors (Lipinski definition) is 5. The summed E-state index contributed by atoms with van der Waals surface area (Å²) in [6.45, 7) is 1.64. The van der Waals surface area contributed by atoms with Gasteiger partial charge < -0.3 is 10.1 Å². The second-order valence-electron chi connectivity index (χ2n) is 5.44. The summed E-state index contributed by atoms with van der Waals surface area (Å²) < 4.78 is 7.92. The highest BCUT2D eigenvalue weighted by molar-refractivity contribution is 9.10. The number of nitrogens with zero attached hydrogens (tertiary/aromatic N) is 4. The van der Waals surface area contributed by atoms with E-state index in [1.807, 2.05) is 24.3 Å². The molecule has 1 N–H and O–H groups in total. The first-order valence-corrected chi connectivity index (χ1v) is 8.92. The lowest BCUT2D eigenvalue weighted by atomic mass is 10.2. The van der Waals surface area contributed by atoms with E-state index in [9.17, 15) is 4.79 Å². The zero-order valence-corrected chi connectivity index (χ0v) is 16.1. The number of amides is 1. The van der Waals surface area contributed by atoms with Crippen molar-refractivity contribution >= 4 is 33.4 Å². The van der Waals surface area contributed by atoms with Crippen LogP contribution in [0, 0.1) is 0 Å². The predicted octanol–water partition coefficient (Wildman–Crippen LogP) is 3.33. The molecule has 0 radical (unpaired) electrons. The number of tetrazole rings is 1. The van der Waals surface area contributed by atoms with Crippen LogP contribution in [0.15, 0.2) is 53.0 Å². The molecule has 1 atom stereocenters. The average molecular weight is 437 g/mol. The van der Waals surface area contributed by atoms with Gasteiger partial charge in [0, 0.05) is 4.47 Å². The standard InChI is InChI=1S/C17H15BrClN5O2/c1-11(20-16(25)10-26-15-8-3-2-7-14(15)19)17-21-22-23-24(17)13-6-4-5-12(18)9-13/h2-9,11H,10H2,1H3,(H,20,25).